The molecule has 0 aliphatic carbocycles. The van der Waals surface area contributed by atoms with Gasteiger partial charge in [-0.1, -0.05) is 48.5 Å². The smallest absolute Gasteiger partial charge is 0.360 e. The highest BCUT2D eigenvalue weighted by Crippen LogP contribution is 2.20. The monoisotopic (exact) mass is 322 g/mol. The number of nitrogens with zero attached hydrogens (tertiary/aromatic N) is 4. The zero-order valence-electron chi connectivity index (χ0n) is 13.3. The Bertz CT molecular complexity index is 816. The number of carboxylic acids is 1. The Balaban J connectivity index is 1.98. The second kappa shape index (κ2) is 6.95. The molecule has 24 heavy (non-hydrogen) atoms. The van der Waals surface area contributed by atoms with E-state index >= 15 is 0 Å². The van der Waals surface area contributed by atoms with Gasteiger partial charge in [-0.3, -0.25) is 0 Å². The molecule has 0 saturated heterocycles. The minimum absolute atomic E-state index is 0.0448. The van der Waals surface area contributed by atoms with Crippen LogP contribution in [0.15, 0.2) is 60.7 Å². The van der Waals surface area contributed by atoms with Crippen LogP contribution in [0.4, 0.5) is 5.82 Å². The van der Waals surface area contributed by atoms with Gasteiger partial charge in [-0.05, 0) is 24.6 Å². The number of hydrogen-bond donors (Lipinski definition) is 1. The number of carbonyl (C=O) groups is 1. The first-order valence-corrected chi connectivity index (χ1v) is 7.74. The second-order valence-electron chi connectivity index (χ2n) is 5.30. The fourth-order valence-corrected chi connectivity index (χ4v) is 2.47. The Hall–Kier alpha value is -3.15. The first-order valence-electron chi connectivity index (χ1n) is 7.74. The molecule has 0 bridgehead atoms. The molecule has 0 saturated carbocycles. The molecule has 0 aliphatic heterocycles. The van der Waals surface area contributed by atoms with Crippen molar-refractivity contribution in [2.75, 3.05) is 11.4 Å². The molecule has 122 valence electrons. The number of rotatable bonds is 6. The lowest BCUT2D eigenvalue weighted by Gasteiger charge is -2.20. The van der Waals surface area contributed by atoms with Gasteiger partial charge >= 0.3 is 5.97 Å². The predicted molar refractivity (Wildman–Crippen MR) is 91.5 cm³/mol. The van der Waals surface area contributed by atoms with Crippen molar-refractivity contribution in [2.24, 2.45) is 0 Å². The van der Waals surface area contributed by atoms with Crippen molar-refractivity contribution in [3.8, 4) is 5.69 Å². The van der Waals surface area contributed by atoms with Crippen LogP contribution in [-0.4, -0.2) is 32.6 Å². The minimum Gasteiger partial charge on any atom is -0.476 e. The number of para-hydroxylation sites is 1. The van der Waals surface area contributed by atoms with E-state index in [1.54, 1.807) is 0 Å². The molecule has 0 unspecified atom stereocenters. The molecule has 0 atom stereocenters. The lowest BCUT2D eigenvalue weighted by atomic mass is 10.2. The number of hydrogen-bond acceptors (Lipinski definition) is 4. The maximum atomic E-state index is 11.6. The number of anilines is 1. The van der Waals surface area contributed by atoms with Crippen LogP contribution in [-0.2, 0) is 6.54 Å². The van der Waals surface area contributed by atoms with Crippen molar-refractivity contribution in [1.82, 2.24) is 15.0 Å². The Kier molecular flexibility index (Phi) is 4.56. The summed E-state index contributed by atoms with van der Waals surface area (Å²) in [6.07, 6.45) is 0. The molecular formula is C18H18N4O2. The fraction of sp³-hybridized carbons (Fsp3) is 0.167. The predicted octanol–water partition coefficient (Wildman–Crippen LogP) is 2.99. The molecule has 0 fully saturated rings. The molecule has 6 heteroatoms. The van der Waals surface area contributed by atoms with Crippen LogP contribution in [0.2, 0.25) is 0 Å². The van der Waals surface area contributed by atoms with Crippen LogP contribution in [0.5, 0.6) is 0 Å². The maximum absolute atomic E-state index is 11.6. The standard InChI is InChI=1S/C18H18N4O2/c1-2-21(13-14-9-5-3-6-10-14)17-16(18(23)24)19-22(20-17)15-11-7-4-8-12-15/h3-12H,2,13H2,1H3,(H,23,24). The highest BCUT2D eigenvalue weighted by molar-refractivity contribution is 5.91. The van der Waals surface area contributed by atoms with E-state index < -0.39 is 5.97 Å². The van der Waals surface area contributed by atoms with Crippen LogP contribution in [0.25, 0.3) is 5.69 Å². The van der Waals surface area contributed by atoms with E-state index in [0.29, 0.717) is 18.9 Å². The molecule has 2 aromatic carbocycles. The molecule has 0 amide bonds. The van der Waals surface area contributed by atoms with E-state index in [2.05, 4.69) is 10.2 Å². The Morgan fingerprint density at radius 1 is 1.04 bits per heavy atom. The normalized spacial score (nSPS) is 10.5. The quantitative estimate of drug-likeness (QED) is 0.755. The number of carboxylic acid groups (broad SMARTS) is 1. The van der Waals surface area contributed by atoms with Crippen molar-refractivity contribution in [3.05, 3.63) is 71.9 Å². The van der Waals surface area contributed by atoms with E-state index in [9.17, 15) is 9.90 Å². The third-order valence-corrected chi connectivity index (χ3v) is 3.68. The molecule has 1 heterocycles. The van der Waals surface area contributed by atoms with E-state index in [1.807, 2.05) is 72.5 Å². The van der Waals surface area contributed by atoms with Gasteiger partial charge in [-0.25, -0.2) is 4.79 Å². The molecule has 6 nitrogen and oxygen atoms in total. The summed E-state index contributed by atoms with van der Waals surface area (Å²) in [5.41, 5.74) is 1.77. The fourth-order valence-electron chi connectivity index (χ4n) is 2.47. The van der Waals surface area contributed by atoms with E-state index in [-0.39, 0.29) is 5.69 Å². The number of benzene rings is 2. The topological polar surface area (TPSA) is 71.2 Å². The van der Waals surface area contributed by atoms with Gasteiger partial charge in [0.15, 0.2) is 5.82 Å². The van der Waals surface area contributed by atoms with Crippen LogP contribution in [0.3, 0.4) is 0 Å². The van der Waals surface area contributed by atoms with Gasteiger partial charge in [0.1, 0.15) is 0 Å². The third kappa shape index (κ3) is 3.27. The van der Waals surface area contributed by atoms with Gasteiger partial charge in [-0.2, -0.15) is 0 Å². The Morgan fingerprint density at radius 2 is 1.67 bits per heavy atom. The summed E-state index contributed by atoms with van der Waals surface area (Å²) < 4.78 is 0. The first kappa shape index (κ1) is 15.7. The third-order valence-electron chi connectivity index (χ3n) is 3.68. The summed E-state index contributed by atoms with van der Waals surface area (Å²) in [6.45, 7) is 3.17. The molecule has 3 rings (SSSR count). The lowest BCUT2D eigenvalue weighted by molar-refractivity contribution is 0.0690. The van der Waals surface area contributed by atoms with Gasteiger partial charge in [0, 0.05) is 13.1 Å². The Morgan fingerprint density at radius 3 is 2.25 bits per heavy atom. The van der Waals surface area contributed by atoms with Crippen molar-refractivity contribution in [2.45, 2.75) is 13.5 Å². The molecule has 1 aromatic heterocycles. The largest absolute Gasteiger partial charge is 0.476 e. The molecule has 0 spiro atoms. The van der Waals surface area contributed by atoms with E-state index in [4.69, 9.17) is 0 Å². The van der Waals surface area contributed by atoms with E-state index in [0.717, 1.165) is 11.3 Å². The van der Waals surface area contributed by atoms with Gasteiger partial charge < -0.3 is 10.0 Å². The SMILES string of the molecule is CCN(Cc1ccccc1)c1nn(-c2ccccc2)nc1C(=O)O. The summed E-state index contributed by atoms with van der Waals surface area (Å²) in [5, 5.41) is 18.1. The summed E-state index contributed by atoms with van der Waals surface area (Å²) in [5.74, 6) is -0.712. The van der Waals surface area contributed by atoms with Crippen molar-refractivity contribution >= 4 is 11.8 Å². The van der Waals surface area contributed by atoms with Crippen LogP contribution in [0, 0.1) is 0 Å². The molecule has 0 radical (unpaired) electrons. The van der Waals surface area contributed by atoms with Gasteiger partial charge in [0.05, 0.1) is 5.69 Å². The highest BCUT2D eigenvalue weighted by Gasteiger charge is 2.23. The van der Waals surface area contributed by atoms with Gasteiger partial charge in [0.2, 0.25) is 5.69 Å². The van der Waals surface area contributed by atoms with Gasteiger partial charge in [0.25, 0.3) is 0 Å². The summed E-state index contributed by atoms with van der Waals surface area (Å²) >= 11 is 0. The second-order valence-corrected chi connectivity index (χ2v) is 5.30. The lowest BCUT2D eigenvalue weighted by Crippen LogP contribution is -2.24. The number of aromatic nitrogens is 3. The van der Waals surface area contributed by atoms with Gasteiger partial charge in [-0.15, -0.1) is 15.0 Å². The average molecular weight is 322 g/mol. The maximum Gasteiger partial charge on any atom is 0.360 e. The van der Waals surface area contributed by atoms with Crippen molar-refractivity contribution < 1.29 is 9.90 Å². The van der Waals surface area contributed by atoms with Crippen molar-refractivity contribution in [3.63, 3.8) is 0 Å². The Labute approximate surface area is 140 Å². The average Bonchev–Trinajstić information content (AvgIpc) is 3.07. The zero-order valence-corrected chi connectivity index (χ0v) is 13.3. The van der Waals surface area contributed by atoms with Crippen LogP contribution >= 0.6 is 0 Å². The first-order chi connectivity index (χ1) is 11.7. The number of aromatic carboxylic acids is 1. The summed E-state index contributed by atoms with van der Waals surface area (Å²) in [7, 11) is 0. The molecule has 1 N–H and O–H groups in total. The molecular weight excluding hydrogens is 304 g/mol. The highest BCUT2D eigenvalue weighted by atomic mass is 16.4. The summed E-state index contributed by atoms with van der Waals surface area (Å²) in [6, 6.07) is 19.2. The summed E-state index contributed by atoms with van der Waals surface area (Å²) in [4.78, 5) is 14.9. The molecule has 0 aliphatic rings. The van der Waals surface area contributed by atoms with Crippen LogP contribution < -0.4 is 4.90 Å². The van der Waals surface area contributed by atoms with Crippen molar-refractivity contribution in [1.29, 1.82) is 0 Å². The molecule has 3 aromatic rings. The zero-order chi connectivity index (χ0) is 16.9. The van der Waals surface area contributed by atoms with Crippen LogP contribution in [0.1, 0.15) is 23.0 Å². The minimum atomic E-state index is -1.08. The van der Waals surface area contributed by atoms with E-state index in [1.165, 1.54) is 4.80 Å².